The van der Waals surface area contributed by atoms with Crippen molar-refractivity contribution in [3.63, 3.8) is 0 Å². The van der Waals surface area contributed by atoms with Crippen LogP contribution in [0.2, 0.25) is 0 Å². The lowest BCUT2D eigenvalue weighted by atomic mass is 10.1. The Balaban J connectivity index is 3.92. The van der Waals surface area contributed by atoms with Crippen LogP contribution < -0.4 is 0 Å². The Morgan fingerprint density at radius 2 is 1.32 bits per heavy atom. The number of unbranched alkanes of at least 4 members (excludes halogenated alkanes) is 9. The second-order valence-corrected chi connectivity index (χ2v) is 7.80. The quantitative estimate of drug-likeness (QED) is 0.164. The van der Waals surface area contributed by atoms with E-state index >= 15 is 0 Å². The fourth-order valence-electron chi connectivity index (χ4n) is 2.79. The van der Waals surface area contributed by atoms with Gasteiger partial charge in [-0.05, 0) is 20.3 Å². The molecule has 0 aliphatic heterocycles. The van der Waals surface area contributed by atoms with Gasteiger partial charge in [0.25, 0.3) is 0 Å². The van der Waals surface area contributed by atoms with E-state index in [-0.39, 0.29) is 13.2 Å². The highest BCUT2D eigenvalue weighted by atomic mass is 32.3. The molecule has 0 aromatic rings. The monoisotopic (exact) mass is 427 g/mol. The molecule has 1 N–H and O–H groups in total. The third-order valence-electron chi connectivity index (χ3n) is 4.10. The van der Waals surface area contributed by atoms with Gasteiger partial charge >= 0.3 is 10.4 Å². The van der Waals surface area contributed by atoms with E-state index in [0.717, 1.165) is 18.1 Å². The molecule has 0 saturated carbocycles. The minimum absolute atomic E-state index is 0.000495. The fraction of sp³-hybridized carbons (Fsp3) is 1.00. The summed E-state index contributed by atoms with van der Waals surface area (Å²) >= 11 is 0. The summed E-state index contributed by atoms with van der Waals surface area (Å²) < 4.78 is 41.2. The Bertz CT molecular complexity index is 428. The van der Waals surface area contributed by atoms with Crippen LogP contribution in [-0.4, -0.2) is 57.3 Å². The number of rotatable bonds is 21. The summed E-state index contributed by atoms with van der Waals surface area (Å²) in [6.07, 6.45) is 11.4. The maximum absolute atomic E-state index is 11.0. The average Bonchev–Trinajstić information content (AvgIpc) is 2.61. The molecule has 9 heteroatoms. The first-order chi connectivity index (χ1) is 13.4. The standard InChI is InChI=1S/C19H41NO7S/c1-4-7-8-9-10-11-12-13-14-15-16-24-18-19(27-28(21,22)23)17-20(25-5-2)26-6-3/h19H,4-18H2,1-3H3,(H,21,22,23). The van der Waals surface area contributed by atoms with Crippen molar-refractivity contribution in [2.45, 2.75) is 91.1 Å². The van der Waals surface area contributed by atoms with Gasteiger partial charge < -0.3 is 4.74 Å². The normalized spacial score (nSPS) is 13.3. The second kappa shape index (κ2) is 18.7. The predicted octanol–water partition coefficient (Wildman–Crippen LogP) is 4.32. The molecule has 1 unspecified atom stereocenters. The molecule has 28 heavy (non-hydrogen) atoms. The van der Waals surface area contributed by atoms with E-state index in [1.165, 1.54) is 51.4 Å². The minimum Gasteiger partial charge on any atom is -0.379 e. The van der Waals surface area contributed by atoms with Crippen molar-refractivity contribution in [1.82, 2.24) is 5.23 Å². The smallest absolute Gasteiger partial charge is 0.379 e. The Morgan fingerprint density at radius 1 is 0.821 bits per heavy atom. The van der Waals surface area contributed by atoms with Gasteiger partial charge in [-0.25, -0.2) is 4.18 Å². The van der Waals surface area contributed by atoms with Crippen LogP contribution in [0.5, 0.6) is 0 Å². The van der Waals surface area contributed by atoms with Crippen LogP contribution in [0.15, 0.2) is 0 Å². The Kier molecular flexibility index (Phi) is 18.5. The lowest BCUT2D eigenvalue weighted by molar-refractivity contribution is -0.370. The molecule has 0 rings (SSSR count). The maximum Gasteiger partial charge on any atom is 0.397 e. The summed E-state index contributed by atoms with van der Waals surface area (Å²) in [6, 6.07) is 0. The topological polar surface area (TPSA) is 94.5 Å². The molecule has 170 valence electrons. The molecule has 0 spiro atoms. The summed E-state index contributed by atoms with van der Waals surface area (Å²) in [5.74, 6) is 0. The molecule has 0 aliphatic rings. The van der Waals surface area contributed by atoms with Crippen molar-refractivity contribution in [1.29, 1.82) is 0 Å². The highest BCUT2D eigenvalue weighted by Gasteiger charge is 2.22. The van der Waals surface area contributed by atoms with Gasteiger partial charge in [0.1, 0.15) is 6.10 Å². The maximum atomic E-state index is 11.0. The summed E-state index contributed by atoms with van der Waals surface area (Å²) in [5.41, 5.74) is 0. The molecule has 0 bridgehead atoms. The van der Waals surface area contributed by atoms with Gasteiger partial charge in [-0.1, -0.05) is 69.9 Å². The molecular weight excluding hydrogens is 386 g/mol. The summed E-state index contributed by atoms with van der Waals surface area (Å²) in [7, 11) is -4.58. The molecule has 0 aliphatic carbocycles. The lowest BCUT2D eigenvalue weighted by Crippen LogP contribution is -2.38. The highest BCUT2D eigenvalue weighted by Crippen LogP contribution is 2.11. The fourth-order valence-corrected chi connectivity index (χ4v) is 3.25. The van der Waals surface area contributed by atoms with Crippen LogP contribution in [0.3, 0.4) is 0 Å². The molecule has 8 nitrogen and oxygen atoms in total. The summed E-state index contributed by atoms with van der Waals surface area (Å²) in [6.45, 7) is 7.06. The van der Waals surface area contributed by atoms with Crippen molar-refractivity contribution in [3.05, 3.63) is 0 Å². The van der Waals surface area contributed by atoms with Gasteiger partial charge in [-0.3, -0.25) is 14.2 Å². The molecular formula is C19H41NO7S. The second-order valence-electron chi connectivity index (χ2n) is 6.75. The average molecular weight is 428 g/mol. The minimum atomic E-state index is -4.58. The van der Waals surface area contributed by atoms with E-state index in [4.69, 9.17) is 19.0 Å². The van der Waals surface area contributed by atoms with Crippen LogP contribution in [0.25, 0.3) is 0 Å². The van der Waals surface area contributed by atoms with E-state index in [2.05, 4.69) is 11.1 Å². The van der Waals surface area contributed by atoms with E-state index in [1.54, 1.807) is 13.8 Å². The number of ether oxygens (including phenoxy) is 1. The molecule has 1 atom stereocenters. The molecule has 0 heterocycles. The summed E-state index contributed by atoms with van der Waals surface area (Å²) in [5, 5.41) is 1.15. The van der Waals surface area contributed by atoms with E-state index < -0.39 is 16.5 Å². The lowest BCUT2D eigenvalue weighted by Gasteiger charge is -2.24. The van der Waals surface area contributed by atoms with Crippen LogP contribution in [-0.2, 0) is 29.0 Å². The van der Waals surface area contributed by atoms with Gasteiger partial charge in [-0.15, -0.1) is 0 Å². The summed E-state index contributed by atoms with van der Waals surface area (Å²) in [4.78, 5) is 10.5. The van der Waals surface area contributed by atoms with Crippen molar-refractivity contribution in [2.24, 2.45) is 0 Å². The molecule has 0 saturated heterocycles. The Hall–Kier alpha value is -0.290. The van der Waals surface area contributed by atoms with Crippen molar-refractivity contribution in [3.8, 4) is 0 Å². The van der Waals surface area contributed by atoms with Crippen molar-refractivity contribution in [2.75, 3.05) is 33.0 Å². The van der Waals surface area contributed by atoms with Crippen LogP contribution in [0.4, 0.5) is 0 Å². The molecule has 0 amide bonds. The number of hydrogen-bond donors (Lipinski definition) is 1. The number of nitrogens with zero attached hydrogens (tertiary/aromatic N) is 1. The number of hydrogen-bond acceptors (Lipinski definition) is 7. The zero-order valence-corrected chi connectivity index (χ0v) is 18.8. The van der Waals surface area contributed by atoms with Crippen LogP contribution in [0.1, 0.15) is 85.0 Å². The van der Waals surface area contributed by atoms with Gasteiger partial charge in [0.2, 0.25) is 0 Å². The third kappa shape index (κ3) is 19.0. The van der Waals surface area contributed by atoms with Crippen molar-refractivity contribution < 1.29 is 31.6 Å². The number of hydroxylamine groups is 2. The van der Waals surface area contributed by atoms with Gasteiger partial charge in [0.05, 0.1) is 26.4 Å². The van der Waals surface area contributed by atoms with E-state index in [1.807, 2.05) is 0 Å². The van der Waals surface area contributed by atoms with Gasteiger partial charge in [0.15, 0.2) is 0 Å². The highest BCUT2D eigenvalue weighted by molar-refractivity contribution is 7.80. The van der Waals surface area contributed by atoms with E-state index in [9.17, 15) is 8.42 Å². The predicted molar refractivity (Wildman–Crippen MR) is 109 cm³/mol. The first-order valence-corrected chi connectivity index (χ1v) is 12.1. The van der Waals surface area contributed by atoms with Crippen LogP contribution >= 0.6 is 0 Å². The molecule has 0 aromatic heterocycles. The van der Waals surface area contributed by atoms with Crippen molar-refractivity contribution >= 4 is 10.4 Å². The molecule has 0 fully saturated rings. The SMILES string of the molecule is CCCCCCCCCCCCOCC(CN(OCC)OCC)OS(=O)(=O)O. The Labute approximate surface area is 171 Å². The van der Waals surface area contributed by atoms with Crippen LogP contribution in [0, 0.1) is 0 Å². The molecule has 0 radical (unpaired) electrons. The van der Waals surface area contributed by atoms with Gasteiger partial charge in [0, 0.05) is 6.61 Å². The Morgan fingerprint density at radius 3 is 1.79 bits per heavy atom. The molecule has 0 aromatic carbocycles. The third-order valence-corrected chi connectivity index (χ3v) is 4.62. The van der Waals surface area contributed by atoms with E-state index in [0.29, 0.717) is 19.8 Å². The first kappa shape index (κ1) is 27.7. The first-order valence-electron chi connectivity index (χ1n) is 10.7. The zero-order chi connectivity index (χ0) is 21.1. The van der Waals surface area contributed by atoms with Gasteiger partial charge in [-0.2, -0.15) is 8.42 Å². The largest absolute Gasteiger partial charge is 0.397 e. The zero-order valence-electron chi connectivity index (χ0n) is 17.9.